The number of hydrogen-bond donors (Lipinski definition) is 2. The molecule has 1 amide bonds. The molecule has 6 heteroatoms. The molecule has 1 saturated heterocycles. The Hall–Kier alpha value is -1.92. The number of anilines is 1. The average Bonchev–Trinajstić information content (AvgIpc) is 2.67. The van der Waals surface area contributed by atoms with Crippen LogP contribution in [0.4, 0.5) is 5.69 Å². The zero-order valence-electron chi connectivity index (χ0n) is 14.5. The Morgan fingerprint density at radius 2 is 1.92 bits per heavy atom. The maximum Gasteiger partial charge on any atom is 0.255 e. The molecule has 5 nitrogen and oxygen atoms in total. The first-order valence-electron chi connectivity index (χ1n) is 8.77. The van der Waals surface area contributed by atoms with Gasteiger partial charge in [-0.1, -0.05) is 29.8 Å². The summed E-state index contributed by atoms with van der Waals surface area (Å²) in [7, 11) is 0. The third-order valence-electron chi connectivity index (χ3n) is 4.46. The Morgan fingerprint density at radius 3 is 2.62 bits per heavy atom. The van der Waals surface area contributed by atoms with E-state index in [9.17, 15) is 9.90 Å². The molecule has 0 radical (unpaired) electrons. The largest absolute Gasteiger partial charge is 0.388 e. The van der Waals surface area contributed by atoms with E-state index in [-0.39, 0.29) is 5.91 Å². The number of hydrogen-bond acceptors (Lipinski definition) is 4. The van der Waals surface area contributed by atoms with Crippen LogP contribution in [0, 0.1) is 0 Å². The number of benzene rings is 2. The van der Waals surface area contributed by atoms with Crippen LogP contribution in [0.2, 0.25) is 5.02 Å². The molecule has 26 heavy (non-hydrogen) atoms. The van der Waals surface area contributed by atoms with E-state index in [4.69, 9.17) is 16.3 Å². The molecule has 0 bridgehead atoms. The van der Waals surface area contributed by atoms with E-state index < -0.39 is 6.10 Å². The fraction of sp³-hybridized carbons (Fsp3) is 0.350. The molecule has 1 aliphatic heterocycles. The summed E-state index contributed by atoms with van der Waals surface area (Å²) >= 11 is 5.92. The summed E-state index contributed by atoms with van der Waals surface area (Å²) in [6, 6.07) is 14.1. The van der Waals surface area contributed by atoms with Gasteiger partial charge in [-0.2, -0.15) is 0 Å². The van der Waals surface area contributed by atoms with Crippen molar-refractivity contribution in [2.75, 3.05) is 38.2 Å². The Kier molecular flexibility index (Phi) is 6.63. The monoisotopic (exact) mass is 374 g/mol. The number of halogens is 1. The highest BCUT2D eigenvalue weighted by atomic mass is 35.5. The lowest BCUT2D eigenvalue weighted by Crippen LogP contribution is -2.37. The highest BCUT2D eigenvalue weighted by Crippen LogP contribution is 2.20. The van der Waals surface area contributed by atoms with E-state index >= 15 is 0 Å². The first kappa shape index (κ1) is 18.9. The minimum absolute atomic E-state index is 0.215. The molecule has 1 unspecified atom stereocenters. The van der Waals surface area contributed by atoms with E-state index in [1.54, 1.807) is 36.4 Å². The molecule has 2 aromatic rings. The molecule has 1 heterocycles. The quantitative estimate of drug-likeness (QED) is 0.814. The van der Waals surface area contributed by atoms with Crippen molar-refractivity contribution in [2.24, 2.45) is 0 Å². The number of aliphatic hydroxyl groups is 1. The maximum atomic E-state index is 12.2. The van der Waals surface area contributed by atoms with Crippen molar-refractivity contribution >= 4 is 23.2 Å². The number of morpholine rings is 1. The lowest BCUT2D eigenvalue weighted by molar-refractivity contribution is 0.0300. The van der Waals surface area contributed by atoms with Gasteiger partial charge < -0.3 is 15.2 Å². The van der Waals surface area contributed by atoms with Crippen LogP contribution in [-0.2, 0) is 4.74 Å². The van der Waals surface area contributed by atoms with Gasteiger partial charge in [-0.15, -0.1) is 0 Å². The van der Waals surface area contributed by atoms with Gasteiger partial charge in [0.1, 0.15) is 0 Å². The van der Waals surface area contributed by atoms with Crippen molar-refractivity contribution in [1.29, 1.82) is 0 Å². The summed E-state index contributed by atoms with van der Waals surface area (Å²) < 4.78 is 5.33. The first-order valence-corrected chi connectivity index (χ1v) is 9.14. The lowest BCUT2D eigenvalue weighted by atomic mass is 10.1. The molecule has 3 rings (SSSR count). The Balaban J connectivity index is 1.53. The highest BCUT2D eigenvalue weighted by molar-refractivity contribution is 6.31. The van der Waals surface area contributed by atoms with Crippen LogP contribution in [0.15, 0.2) is 48.5 Å². The molecule has 0 saturated carbocycles. The molecule has 1 atom stereocenters. The SMILES string of the molecule is O=C(Nc1ccc(C(O)CCN2CCOCC2)cc1)c1cccc(Cl)c1. The third kappa shape index (κ3) is 5.29. The van der Waals surface area contributed by atoms with Gasteiger partial charge in [0, 0.05) is 35.9 Å². The van der Waals surface area contributed by atoms with Crippen molar-refractivity contribution in [3.8, 4) is 0 Å². The maximum absolute atomic E-state index is 12.2. The molecule has 1 fully saturated rings. The number of ether oxygens (including phenoxy) is 1. The van der Waals surface area contributed by atoms with Crippen molar-refractivity contribution in [1.82, 2.24) is 4.90 Å². The Morgan fingerprint density at radius 1 is 1.19 bits per heavy atom. The molecular weight excluding hydrogens is 352 g/mol. The first-order chi connectivity index (χ1) is 12.6. The van der Waals surface area contributed by atoms with Gasteiger partial charge in [0.15, 0.2) is 0 Å². The second-order valence-electron chi connectivity index (χ2n) is 6.34. The van der Waals surface area contributed by atoms with Gasteiger partial charge in [0.2, 0.25) is 0 Å². The predicted octanol–water partition coefficient (Wildman–Crippen LogP) is 3.35. The fourth-order valence-electron chi connectivity index (χ4n) is 2.92. The molecule has 1 aliphatic rings. The summed E-state index contributed by atoms with van der Waals surface area (Å²) in [6.07, 6.45) is 0.157. The van der Waals surface area contributed by atoms with Gasteiger partial charge in [-0.25, -0.2) is 0 Å². The average molecular weight is 375 g/mol. The van der Waals surface area contributed by atoms with E-state index in [0.29, 0.717) is 22.7 Å². The number of nitrogens with zero attached hydrogens (tertiary/aromatic N) is 1. The van der Waals surface area contributed by atoms with Gasteiger partial charge in [-0.05, 0) is 42.3 Å². The summed E-state index contributed by atoms with van der Waals surface area (Å²) in [5.74, 6) is -0.215. The molecule has 2 aromatic carbocycles. The van der Waals surface area contributed by atoms with Gasteiger partial charge >= 0.3 is 0 Å². The normalized spacial score (nSPS) is 16.2. The zero-order valence-corrected chi connectivity index (χ0v) is 15.3. The van der Waals surface area contributed by atoms with Crippen LogP contribution >= 0.6 is 11.6 Å². The van der Waals surface area contributed by atoms with E-state index in [1.807, 2.05) is 12.1 Å². The molecular formula is C20H23ClN2O3. The smallest absolute Gasteiger partial charge is 0.255 e. The Bertz CT molecular complexity index is 730. The fourth-order valence-corrected chi connectivity index (χ4v) is 3.11. The van der Waals surface area contributed by atoms with Crippen LogP contribution < -0.4 is 5.32 Å². The summed E-state index contributed by atoms with van der Waals surface area (Å²) in [5, 5.41) is 13.7. The highest BCUT2D eigenvalue weighted by Gasteiger charge is 2.14. The van der Waals surface area contributed by atoms with Crippen molar-refractivity contribution < 1.29 is 14.6 Å². The van der Waals surface area contributed by atoms with Crippen molar-refractivity contribution in [2.45, 2.75) is 12.5 Å². The lowest BCUT2D eigenvalue weighted by Gasteiger charge is -2.27. The minimum atomic E-state index is -0.518. The summed E-state index contributed by atoms with van der Waals surface area (Å²) in [5.41, 5.74) is 2.03. The second kappa shape index (κ2) is 9.14. The van der Waals surface area contributed by atoms with Crippen molar-refractivity contribution in [3.05, 3.63) is 64.7 Å². The number of carbonyl (C=O) groups is 1. The second-order valence-corrected chi connectivity index (χ2v) is 6.78. The standard InChI is InChI=1S/C20H23ClN2O3/c21-17-3-1-2-16(14-17)20(25)22-18-6-4-15(5-7-18)19(24)8-9-23-10-12-26-13-11-23/h1-7,14,19,24H,8-13H2,(H,22,25). The third-order valence-corrected chi connectivity index (χ3v) is 4.70. The number of carbonyl (C=O) groups excluding carboxylic acids is 1. The van der Waals surface area contributed by atoms with E-state index in [0.717, 1.165) is 38.4 Å². The minimum Gasteiger partial charge on any atom is -0.388 e. The Labute approximate surface area is 158 Å². The number of nitrogens with one attached hydrogen (secondary N) is 1. The molecule has 0 spiro atoms. The molecule has 2 N–H and O–H groups in total. The van der Waals surface area contributed by atoms with E-state index in [1.165, 1.54) is 0 Å². The zero-order chi connectivity index (χ0) is 18.4. The van der Waals surface area contributed by atoms with Gasteiger partial charge in [0.05, 0.1) is 19.3 Å². The predicted molar refractivity (Wildman–Crippen MR) is 103 cm³/mol. The van der Waals surface area contributed by atoms with E-state index in [2.05, 4.69) is 10.2 Å². The van der Waals surface area contributed by atoms with Crippen LogP contribution in [0.3, 0.4) is 0 Å². The van der Waals surface area contributed by atoms with Crippen molar-refractivity contribution in [3.63, 3.8) is 0 Å². The van der Waals surface area contributed by atoms with Crippen LogP contribution in [0.5, 0.6) is 0 Å². The van der Waals surface area contributed by atoms with Gasteiger partial charge in [-0.3, -0.25) is 9.69 Å². The number of rotatable bonds is 6. The summed E-state index contributed by atoms with van der Waals surface area (Å²) in [6.45, 7) is 4.20. The van der Waals surface area contributed by atoms with Crippen LogP contribution in [0.1, 0.15) is 28.4 Å². The topological polar surface area (TPSA) is 61.8 Å². The number of amides is 1. The number of aliphatic hydroxyl groups excluding tert-OH is 1. The molecule has 0 aromatic heterocycles. The molecule has 0 aliphatic carbocycles. The summed E-state index contributed by atoms with van der Waals surface area (Å²) in [4.78, 5) is 14.5. The molecule has 138 valence electrons. The van der Waals surface area contributed by atoms with Gasteiger partial charge in [0.25, 0.3) is 5.91 Å². The van der Waals surface area contributed by atoms with Crippen LogP contribution in [-0.4, -0.2) is 48.8 Å². The van der Waals surface area contributed by atoms with Crippen LogP contribution in [0.25, 0.3) is 0 Å².